The number of hydrogen-bond acceptors (Lipinski definition) is 9. The monoisotopic (exact) mass is 357 g/mol. The number of aliphatic hydroxyl groups is 4. The van der Waals surface area contributed by atoms with Crippen LogP contribution in [0.1, 0.15) is 12.5 Å². The molecule has 9 nitrogen and oxygen atoms in total. The fourth-order valence-corrected chi connectivity index (χ4v) is 2.44. The van der Waals surface area contributed by atoms with Gasteiger partial charge in [-0.25, -0.2) is 0 Å². The van der Waals surface area contributed by atoms with E-state index in [-0.39, 0.29) is 6.61 Å². The van der Waals surface area contributed by atoms with Gasteiger partial charge in [-0.3, -0.25) is 4.79 Å². The largest absolute Gasteiger partial charge is 0.461 e. The molecule has 140 valence electrons. The predicted molar refractivity (Wildman–Crippen MR) is 85.9 cm³/mol. The molecule has 0 saturated carbocycles. The average molecular weight is 357 g/mol. The van der Waals surface area contributed by atoms with Gasteiger partial charge in [0.15, 0.2) is 0 Å². The van der Waals surface area contributed by atoms with Crippen molar-refractivity contribution in [1.29, 1.82) is 0 Å². The first-order valence-electron chi connectivity index (χ1n) is 7.78. The van der Waals surface area contributed by atoms with E-state index in [1.165, 1.54) is 6.92 Å². The van der Waals surface area contributed by atoms with Gasteiger partial charge in [-0.1, -0.05) is 6.07 Å². The normalized spacial score (nSPS) is 29.1. The molecule has 2 rings (SSSR count). The fraction of sp³-hybridized carbons (Fsp3) is 0.562. The van der Waals surface area contributed by atoms with Crippen molar-refractivity contribution in [1.82, 2.24) is 0 Å². The zero-order chi connectivity index (χ0) is 18.6. The number of aliphatic hydroxyl groups excluding tert-OH is 4. The third-order valence-corrected chi connectivity index (χ3v) is 3.85. The fourth-order valence-electron chi connectivity index (χ4n) is 2.44. The molecule has 0 aliphatic carbocycles. The van der Waals surface area contributed by atoms with Crippen molar-refractivity contribution in [2.45, 2.75) is 44.2 Å². The summed E-state index contributed by atoms with van der Waals surface area (Å²) in [6, 6.07) is 4.96. The quantitative estimate of drug-likeness (QED) is 0.405. The third-order valence-electron chi connectivity index (χ3n) is 3.85. The number of ether oxygens (including phenoxy) is 3. The molecule has 1 saturated heterocycles. The van der Waals surface area contributed by atoms with Crippen LogP contribution in [0.2, 0.25) is 0 Å². The molecule has 0 aromatic heterocycles. The molecule has 5 N–H and O–H groups in total. The summed E-state index contributed by atoms with van der Waals surface area (Å²) in [7, 11) is 1.66. The first-order chi connectivity index (χ1) is 11.9. The molecule has 5 atom stereocenters. The van der Waals surface area contributed by atoms with Gasteiger partial charge in [0.25, 0.3) is 0 Å². The molecule has 0 amide bonds. The van der Waals surface area contributed by atoms with Crippen molar-refractivity contribution in [3.05, 3.63) is 23.8 Å². The van der Waals surface area contributed by atoms with E-state index in [9.17, 15) is 25.2 Å². The van der Waals surface area contributed by atoms with Gasteiger partial charge in [-0.15, -0.1) is 0 Å². The maximum absolute atomic E-state index is 10.9. The van der Waals surface area contributed by atoms with E-state index >= 15 is 0 Å². The topological polar surface area (TPSA) is 138 Å². The van der Waals surface area contributed by atoms with Gasteiger partial charge in [0, 0.05) is 14.0 Å². The molecule has 1 aromatic rings. The molecular weight excluding hydrogens is 334 g/mol. The van der Waals surface area contributed by atoms with E-state index in [2.05, 4.69) is 5.32 Å². The summed E-state index contributed by atoms with van der Waals surface area (Å²) in [6.07, 6.45) is -6.79. The van der Waals surface area contributed by atoms with Crippen LogP contribution in [0.4, 0.5) is 5.69 Å². The summed E-state index contributed by atoms with van der Waals surface area (Å²) < 4.78 is 15.8. The van der Waals surface area contributed by atoms with Gasteiger partial charge in [-0.05, 0) is 17.7 Å². The Labute approximate surface area is 144 Å². The number of carbonyl (C=O) groups is 1. The Morgan fingerprint density at radius 3 is 2.56 bits per heavy atom. The number of esters is 1. The SMILES string of the molecule is CNc1cc(COC(C)=O)ccc1O[C@@H]1O[C@@H](CO)[C@H](O)[C@@H](O)[C@H]1O. The molecule has 9 heteroatoms. The summed E-state index contributed by atoms with van der Waals surface area (Å²) in [5.74, 6) is -0.0777. The van der Waals surface area contributed by atoms with Gasteiger partial charge >= 0.3 is 5.97 Å². The van der Waals surface area contributed by atoms with Crippen LogP contribution in [0.25, 0.3) is 0 Å². The van der Waals surface area contributed by atoms with E-state index in [0.717, 1.165) is 5.56 Å². The Morgan fingerprint density at radius 2 is 1.96 bits per heavy atom. The van der Waals surface area contributed by atoms with Gasteiger partial charge in [-0.2, -0.15) is 0 Å². The Hall–Kier alpha value is -1.91. The van der Waals surface area contributed by atoms with Crippen molar-refractivity contribution in [2.24, 2.45) is 0 Å². The second-order valence-corrected chi connectivity index (χ2v) is 5.68. The Balaban J connectivity index is 2.14. The highest BCUT2D eigenvalue weighted by atomic mass is 16.7. The second-order valence-electron chi connectivity index (χ2n) is 5.68. The zero-order valence-corrected chi connectivity index (χ0v) is 14.0. The first kappa shape index (κ1) is 19.4. The highest BCUT2D eigenvalue weighted by molar-refractivity contribution is 5.66. The molecule has 1 aliphatic rings. The molecule has 0 spiro atoms. The van der Waals surface area contributed by atoms with Gasteiger partial charge in [0.1, 0.15) is 36.8 Å². The summed E-state index contributed by atoms with van der Waals surface area (Å²) in [5, 5.41) is 41.7. The van der Waals surface area contributed by atoms with Crippen molar-refractivity contribution < 1.29 is 39.4 Å². The molecule has 1 aliphatic heterocycles. The molecule has 1 fully saturated rings. The van der Waals surface area contributed by atoms with Gasteiger partial charge in [0.05, 0.1) is 12.3 Å². The molecule has 1 aromatic carbocycles. The number of benzene rings is 1. The molecule has 0 radical (unpaired) electrons. The van der Waals surface area contributed by atoms with Crippen LogP contribution in [0.5, 0.6) is 5.75 Å². The maximum Gasteiger partial charge on any atom is 0.302 e. The number of carbonyl (C=O) groups excluding carboxylic acids is 1. The van der Waals surface area contributed by atoms with Crippen LogP contribution in [0.3, 0.4) is 0 Å². The van der Waals surface area contributed by atoms with Crippen LogP contribution >= 0.6 is 0 Å². The third kappa shape index (κ3) is 4.59. The summed E-state index contributed by atoms with van der Waals surface area (Å²) in [5.41, 5.74) is 1.27. The minimum atomic E-state index is -1.52. The highest BCUT2D eigenvalue weighted by Crippen LogP contribution is 2.30. The Kier molecular flexibility index (Phi) is 6.57. The van der Waals surface area contributed by atoms with Crippen LogP contribution in [-0.4, -0.2) is 70.8 Å². The minimum absolute atomic E-state index is 0.102. The standard InChI is InChI=1S/C16H23NO8/c1-8(19)23-7-9-3-4-11(10(5-9)17-2)24-16-15(22)14(21)13(20)12(6-18)25-16/h3-5,12-18,20-22H,6-7H2,1-2H3/t12-,13-,14+,15+,16+/m0/s1. The summed E-state index contributed by atoms with van der Waals surface area (Å²) >= 11 is 0. The molecule has 0 bridgehead atoms. The second kappa shape index (κ2) is 8.45. The van der Waals surface area contributed by atoms with E-state index in [1.807, 2.05) is 0 Å². The summed E-state index contributed by atoms with van der Waals surface area (Å²) in [6.45, 7) is 0.880. The van der Waals surface area contributed by atoms with Crippen LogP contribution in [-0.2, 0) is 20.9 Å². The smallest absolute Gasteiger partial charge is 0.302 e. The van der Waals surface area contributed by atoms with Crippen molar-refractivity contribution >= 4 is 11.7 Å². The van der Waals surface area contributed by atoms with Crippen molar-refractivity contribution in [3.63, 3.8) is 0 Å². The zero-order valence-electron chi connectivity index (χ0n) is 14.0. The first-order valence-corrected chi connectivity index (χ1v) is 7.78. The average Bonchev–Trinajstić information content (AvgIpc) is 2.60. The maximum atomic E-state index is 10.9. The number of nitrogens with one attached hydrogen (secondary N) is 1. The van der Waals surface area contributed by atoms with Crippen LogP contribution in [0, 0.1) is 0 Å². The number of hydrogen-bond donors (Lipinski definition) is 5. The minimum Gasteiger partial charge on any atom is -0.461 e. The van der Waals surface area contributed by atoms with Crippen LogP contribution in [0.15, 0.2) is 18.2 Å². The lowest BCUT2D eigenvalue weighted by Gasteiger charge is -2.39. The lowest BCUT2D eigenvalue weighted by molar-refractivity contribution is -0.277. The lowest BCUT2D eigenvalue weighted by Crippen LogP contribution is -2.60. The molecule has 25 heavy (non-hydrogen) atoms. The van der Waals surface area contributed by atoms with E-state index in [1.54, 1.807) is 25.2 Å². The van der Waals surface area contributed by atoms with Crippen molar-refractivity contribution in [3.8, 4) is 5.75 Å². The molecule has 1 heterocycles. The highest BCUT2D eigenvalue weighted by Gasteiger charge is 2.44. The van der Waals surface area contributed by atoms with Gasteiger partial charge < -0.3 is 40.0 Å². The molecule has 0 unspecified atom stereocenters. The van der Waals surface area contributed by atoms with Crippen LogP contribution < -0.4 is 10.1 Å². The lowest BCUT2D eigenvalue weighted by atomic mass is 9.99. The predicted octanol–water partition coefficient (Wildman–Crippen LogP) is -1.03. The van der Waals surface area contributed by atoms with Crippen molar-refractivity contribution in [2.75, 3.05) is 19.0 Å². The molecular formula is C16H23NO8. The Morgan fingerprint density at radius 1 is 1.24 bits per heavy atom. The van der Waals surface area contributed by atoms with E-state index in [4.69, 9.17) is 14.2 Å². The van der Waals surface area contributed by atoms with E-state index in [0.29, 0.717) is 11.4 Å². The summed E-state index contributed by atoms with van der Waals surface area (Å²) in [4.78, 5) is 10.9. The van der Waals surface area contributed by atoms with E-state index < -0.39 is 43.3 Å². The number of rotatable bonds is 6. The van der Waals surface area contributed by atoms with Gasteiger partial charge in [0.2, 0.25) is 6.29 Å². The Bertz CT molecular complexity index is 593. The number of anilines is 1.